The smallest absolute Gasteiger partial charge is 0.165 e. The van der Waals surface area contributed by atoms with Crippen molar-refractivity contribution in [2.24, 2.45) is 0 Å². The number of hydrogen-bond acceptors (Lipinski definition) is 5. The van der Waals surface area contributed by atoms with Gasteiger partial charge in [-0.05, 0) is 153 Å². The Balaban J connectivity index is 1.10. The van der Waals surface area contributed by atoms with Gasteiger partial charge in [-0.3, -0.25) is 0 Å². The number of fused-ring (bicyclic) bond motifs is 6. The number of aryl methyl sites for hydroxylation is 14. The first-order valence-electron chi connectivity index (χ1n) is 23.8. The molecule has 2 aromatic carbocycles. The Hall–Kier alpha value is -5.28. The summed E-state index contributed by atoms with van der Waals surface area (Å²) in [6, 6.07) is 13.8. The van der Waals surface area contributed by atoms with Gasteiger partial charge in [-0.25, -0.2) is 9.97 Å². The lowest BCUT2D eigenvalue weighted by Crippen LogP contribution is -2.25. The Bertz CT molecular complexity index is 2760. The van der Waals surface area contributed by atoms with Crippen molar-refractivity contribution in [3.05, 3.63) is 104 Å². The minimum absolute atomic E-state index is 0.125. The summed E-state index contributed by atoms with van der Waals surface area (Å²) in [6.07, 6.45) is 8.16. The third-order valence-corrected chi connectivity index (χ3v) is 13.6. The van der Waals surface area contributed by atoms with Crippen molar-refractivity contribution in [3.8, 4) is 22.3 Å². The van der Waals surface area contributed by atoms with E-state index in [-0.39, 0.29) is 12.2 Å². The second kappa shape index (κ2) is 17.7. The van der Waals surface area contributed by atoms with Gasteiger partial charge in [0, 0.05) is 35.2 Å². The summed E-state index contributed by atoms with van der Waals surface area (Å²) in [5, 5.41) is 12.9. The molecule has 9 nitrogen and oxygen atoms in total. The fourth-order valence-corrected chi connectivity index (χ4v) is 10.9. The van der Waals surface area contributed by atoms with Crippen LogP contribution in [0.4, 0.5) is 0 Å². The van der Waals surface area contributed by atoms with Gasteiger partial charge in [0.05, 0.1) is 46.1 Å². The molecule has 0 amide bonds. The van der Waals surface area contributed by atoms with E-state index in [1.54, 1.807) is 0 Å². The average Bonchev–Trinajstić information content (AvgIpc) is 3.95. The van der Waals surface area contributed by atoms with Crippen LogP contribution in [0.25, 0.3) is 55.6 Å². The van der Waals surface area contributed by atoms with Crippen molar-refractivity contribution < 1.29 is 4.74 Å². The lowest BCUT2D eigenvalue weighted by molar-refractivity contribution is -0.0271. The fourth-order valence-electron chi connectivity index (χ4n) is 10.9. The molecule has 0 aliphatic carbocycles. The molecular formula is C54H70N8O. The van der Waals surface area contributed by atoms with Gasteiger partial charge in [0.1, 0.15) is 11.3 Å². The predicted molar refractivity (Wildman–Crippen MR) is 262 cm³/mol. The van der Waals surface area contributed by atoms with Crippen molar-refractivity contribution in [3.63, 3.8) is 0 Å². The summed E-state index contributed by atoms with van der Waals surface area (Å²) in [5.41, 5.74) is 23.4. The molecule has 8 rings (SSSR count). The van der Waals surface area contributed by atoms with E-state index in [9.17, 15) is 0 Å². The molecule has 0 fully saturated rings. The summed E-state index contributed by atoms with van der Waals surface area (Å²) in [6.45, 7) is 32.6. The van der Waals surface area contributed by atoms with Crippen LogP contribution in [0.2, 0.25) is 0 Å². The zero-order chi connectivity index (χ0) is 45.0. The molecule has 9 heteroatoms. The molecule has 2 atom stereocenters. The number of hydrogen-bond donors (Lipinski definition) is 0. The summed E-state index contributed by atoms with van der Waals surface area (Å²) >= 11 is 0. The van der Waals surface area contributed by atoms with Crippen molar-refractivity contribution in [1.29, 1.82) is 0 Å². The highest BCUT2D eigenvalue weighted by Crippen LogP contribution is 2.38. The maximum atomic E-state index is 7.13. The zero-order valence-electron chi connectivity index (χ0n) is 40.7. The second-order valence-corrected chi connectivity index (χ2v) is 18.7. The molecule has 2 unspecified atom stereocenters. The van der Waals surface area contributed by atoms with Crippen molar-refractivity contribution in [1.82, 2.24) is 38.3 Å². The molecule has 0 bridgehead atoms. The summed E-state index contributed by atoms with van der Waals surface area (Å²) < 4.78 is 16.5. The van der Waals surface area contributed by atoms with Crippen molar-refractivity contribution >= 4 is 33.4 Å². The first kappa shape index (κ1) is 44.3. The third-order valence-electron chi connectivity index (χ3n) is 13.6. The molecule has 63 heavy (non-hydrogen) atoms. The van der Waals surface area contributed by atoms with Crippen LogP contribution >= 0.6 is 0 Å². The monoisotopic (exact) mass is 847 g/mol. The molecule has 0 radical (unpaired) electrons. The van der Waals surface area contributed by atoms with E-state index in [2.05, 4.69) is 151 Å². The molecule has 0 spiro atoms. The van der Waals surface area contributed by atoms with Gasteiger partial charge >= 0.3 is 0 Å². The Kier molecular flexibility index (Phi) is 12.5. The third kappa shape index (κ3) is 7.89. The van der Waals surface area contributed by atoms with E-state index in [0.717, 1.165) is 121 Å². The van der Waals surface area contributed by atoms with E-state index in [0.29, 0.717) is 0 Å². The minimum atomic E-state index is 0.125. The molecule has 0 N–H and O–H groups in total. The minimum Gasteiger partial charge on any atom is -0.375 e. The van der Waals surface area contributed by atoms with Gasteiger partial charge in [-0.15, -0.1) is 0 Å². The number of aromatic nitrogens is 8. The van der Waals surface area contributed by atoms with Gasteiger partial charge in [0.15, 0.2) is 11.3 Å². The Morgan fingerprint density at radius 1 is 0.476 bits per heavy atom. The maximum absolute atomic E-state index is 7.13. The first-order chi connectivity index (χ1) is 30.2. The Morgan fingerprint density at radius 3 is 1.17 bits per heavy atom. The highest BCUT2D eigenvalue weighted by Gasteiger charge is 2.26. The van der Waals surface area contributed by atoms with E-state index < -0.39 is 0 Å². The fraction of sp³-hybridized carbons (Fsp3) is 0.481. The van der Waals surface area contributed by atoms with Crippen molar-refractivity contribution in [2.75, 3.05) is 0 Å². The van der Waals surface area contributed by atoms with E-state index in [1.807, 2.05) is 0 Å². The topological polar surface area (TPSA) is 79.5 Å². The molecular weight excluding hydrogens is 777 g/mol. The molecule has 6 aromatic heterocycles. The van der Waals surface area contributed by atoms with Gasteiger partial charge < -0.3 is 13.9 Å². The van der Waals surface area contributed by atoms with Crippen LogP contribution in [0.15, 0.2) is 36.4 Å². The molecule has 0 aliphatic heterocycles. The zero-order valence-corrected chi connectivity index (χ0v) is 40.7. The molecule has 0 saturated heterocycles. The van der Waals surface area contributed by atoms with Crippen LogP contribution in [0.1, 0.15) is 134 Å². The van der Waals surface area contributed by atoms with Crippen LogP contribution in [0.5, 0.6) is 0 Å². The Morgan fingerprint density at radius 2 is 0.841 bits per heavy atom. The molecule has 0 aliphatic rings. The normalized spacial score (nSPS) is 13.2. The Labute approximate surface area is 374 Å². The lowest BCUT2D eigenvalue weighted by Gasteiger charge is -2.25. The number of benzene rings is 2. The van der Waals surface area contributed by atoms with Crippen molar-refractivity contribution in [2.45, 2.75) is 174 Å². The molecule has 332 valence electrons. The highest BCUT2D eigenvalue weighted by molar-refractivity contribution is 5.91. The standard InChI is InChI=1S/C54H70N8O/c1-15-19-41-29-45-37(11)55-51-49(47-33(7)25-31(5)26-34(47)8)39(13)57-61(51)53(45)59(41)23-21-43(17-3)63-44(18-4)22-24-60-42(20-16-2)30-46-38(12)56-52-50(40(14)58-62(52)54(46)60)48-35(9)27-32(6)28-36(48)10/h25-30,43-44H,15-24H2,1-14H3. The second-order valence-electron chi connectivity index (χ2n) is 18.7. The maximum Gasteiger partial charge on any atom is 0.165 e. The molecule has 8 aromatic rings. The lowest BCUT2D eigenvalue weighted by atomic mass is 9.94. The molecule has 0 saturated carbocycles. The largest absolute Gasteiger partial charge is 0.375 e. The summed E-state index contributed by atoms with van der Waals surface area (Å²) in [4.78, 5) is 10.5. The molecule has 6 heterocycles. The highest BCUT2D eigenvalue weighted by atomic mass is 16.5. The van der Waals surface area contributed by atoms with Crippen LogP contribution in [0.3, 0.4) is 0 Å². The van der Waals surface area contributed by atoms with Crippen LogP contribution in [-0.2, 0) is 30.7 Å². The summed E-state index contributed by atoms with van der Waals surface area (Å²) in [7, 11) is 0. The van der Waals surface area contributed by atoms with Gasteiger partial charge in [0.25, 0.3) is 0 Å². The quantitative estimate of drug-likeness (QED) is 0.0968. The van der Waals surface area contributed by atoms with Gasteiger partial charge in [-0.1, -0.05) is 75.9 Å². The van der Waals surface area contributed by atoms with Crippen LogP contribution < -0.4 is 0 Å². The van der Waals surface area contributed by atoms with Crippen LogP contribution in [0, 0.1) is 69.2 Å². The van der Waals surface area contributed by atoms with Crippen LogP contribution in [-0.4, -0.2) is 50.5 Å². The van der Waals surface area contributed by atoms with E-state index in [1.165, 1.54) is 66.7 Å². The first-order valence-corrected chi connectivity index (χ1v) is 23.8. The average molecular weight is 847 g/mol. The van der Waals surface area contributed by atoms with E-state index >= 15 is 0 Å². The van der Waals surface area contributed by atoms with E-state index in [4.69, 9.17) is 24.9 Å². The van der Waals surface area contributed by atoms with Gasteiger partial charge in [-0.2, -0.15) is 19.2 Å². The number of rotatable bonds is 16. The predicted octanol–water partition coefficient (Wildman–Crippen LogP) is 13.1. The number of ether oxygens (including phenoxy) is 1. The SMILES string of the molecule is CCCc1cc2c(C)nc3c(-c4c(C)cc(C)cc4C)c(C)nn3c2n1CCC(CC)OC(CC)CCn1c(CCC)cc2c(C)nc3c(-c4c(C)cc(C)cc4C)c(C)nn3c21. The summed E-state index contributed by atoms with van der Waals surface area (Å²) in [5.74, 6) is 0. The van der Waals surface area contributed by atoms with Gasteiger partial charge in [0.2, 0.25) is 0 Å². The number of nitrogens with zero attached hydrogens (tertiary/aromatic N) is 8.